The molecule has 0 aliphatic rings. The zero-order valence-corrected chi connectivity index (χ0v) is 12.1. The minimum absolute atomic E-state index is 0.288. The second kappa shape index (κ2) is 7.08. The number of unbranched alkanes of at least 4 members (excludes halogenated alkanes) is 1. The molecule has 0 N–H and O–H groups in total. The fourth-order valence-corrected chi connectivity index (χ4v) is 1.97. The minimum atomic E-state index is 0.288. The van der Waals surface area contributed by atoms with Crippen LogP contribution in [0.3, 0.4) is 0 Å². The van der Waals surface area contributed by atoms with Gasteiger partial charge in [0, 0.05) is 6.20 Å². The van der Waals surface area contributed by atoms with E-state index in [1.807, 2.05) is 35.9 Å². The average molecular weight is 276 g/mol. The normalized spacial score (nSPS) is 12.1. The van der Waals surface area contributed by atoms with E-state index in [1.54, 1.807) is 0 Å². The molecule has 2 rings (SSSR count). The Hall–Kier alpha value is -1.84. The van der Waals surface area contributed by atoms with Crippen molar-refractivity contribution in [1.82, 2.24) is 9.38 Å². The maximum atomic E-state index is 12.5. The molecule has 0 unspecified atom stereocenters. The van der Waals surface area contributed by atoms with Crippen LogP contribution in [-0.4, -0.2) is 16.0 Å². The van der Waals surface area contributed by atoms with Crippen LogP contribution in [0.2, 0.25) is 0 Å². The van der Waals surface area contributed by atoms with E-state index in [-0.39, 0.29) is 6.61 Å². The number of aromatic nitrogens is 2. The van der Waals surface area contributed by atoms with Gasteiger partial charge in [-0.25, -0.2) is 9.37 Å². The van der Waals surface area contributed by atoms with Crippen molar-refractivity contribution in [2.75, 3.05) is 6.61 Å². The number of hydrogen-bond acceptors (Lipinski definition) is 2. The molecular formula is C16H21FN2O. The van der Waals surface area contributed by atoms with Gasteiger partial charge in [-0.2, -0.15) is 0 Å². The summed E-state index contributed by atoms with van der Waals surface area (Å²) in [7, 11) is 0. The highest BCUT2D eigenvalue weighted by Gasteiger charge is 2.03. The first kappa shape index (κ1) is 14.6. The smallest absolute Gasteiger partial charge is 0.137 e. The molecule has 2 aromatic rings. The molecule has 0 bridgehead atoms. The Morgan fingerprint density at radius 1 is 1.35 bits per heavy atom. The maximum Gasteiger partial charge on any atom is 0.137 e. The van der Waals surface area contributed by atoms with Gasteiger partial charge in [0.25, 0.3) is 0 Å². The summed E-state index contributed by atoms with van der Waals surface area (Å²) in [6, 6.07) is 3.80. The van der Waals surface area contributed by atoms with Gasteiger partial charge in [-0.15, -0.1) is 0 Å². The molecule has 2 aromatic heterocycles. The van der Waals surface area contributed by atoms with Gasteiger partial charge in [0.2, 0.25) is 0 Å². The molecule has 20 heavy (non-hydrogen) atoms. The minimum Gasteiger partial charge on any atom is -0.488 e. The zero-order valence-electron chi connectivity index (χ0n) is 12.1. The first-order chi connectivity index (χ1) is 9.76. The summed E-state index contributed by atoms with van der Waals surface area (Å²) in [6.45, 7) is 4.37. The van der Waals surface area contributed by atoms with E-state index in [2.05, 4.69) is 11.9 Å². The predicted molar refractivity (Wildman–Crippen MR) is 78.8 cm³/mol. The molecule has 0 amide bonds. The summed E-state index contributed by atoms with van der Waals surface area (Å²) in [6.07, 6.45) is 8.52. The van der Waals surface area contributed by atoms with Gasteiger partial charge in [-0.3, -0.25) is 0 Å². The highest BCUT2D eigenvalue weighted by molar-refractivity contribution is 5.43. The highest BCUT2D eigenvalue weighted by Crippen LogP contribution is 2.16. The van der Waals surface area contributed by atoms with Crippen molar-refractivity contribution in [3.8, 4) is 5.75 Å². The molecule has 0 saturated carbocycles. The zero-order chi connectivity index (χ0) is 14.4. The third kappa shape index (κ3) is 3.59. The van der Waals surface area contributed by atoms with Crippen LogP contribution in [0.25, 0.3) is 5.65 Å². The number of pyridine rings is 1. The first-order valence-electron chi connectivity index (χ1n) is 7.15. The molecule has 0 radical (unpaired) electrons. The molecule has 0 fully saturated rings. The Kier molecular flexibility index (Phi) is 5.16. The van der Waals surface area contributed by atoms with E-state index in [0.717, 1.165) is 36.4 Å². The lowest BCUT2D eigenvalue weighted by atomic mass is 10.2. The fraction of sp³-hybridized carbons (Fsp3) is 0.438. The van der Waals surface area contributed by atoms with E-state index in [1.165, 1.54) is 0 Å². The molecule has 3 nitrogen and oxygen atoms in total. The van der Waals surface area contributed by atoms with Gasteiger partial charge >= 0.3 is 0 Å². The van der Waals surface area contributed by atoms with Gasteiger partial charge in [0.05, 0.1) is 18.2 Å². The monoisotopic (exact) mass is 276 g/mol. The van der Waals surface area contributed by atoms with Crippen molar-refractivity contribution in [1.29, 1.82) is 0 Å². The Morgan fingerprint density at radius 2 is 2.20 bits per heavy atom. The van der Waals surface area contributed by atoms with Gasteiger partial charge in [-0.1, -0.05) is 20.3 Å². The Balaban J connectivity index is 2.08. The highest BCUT2D eigenvalue weighted by atomic mass is 19.1. The van der Waals surface area contributed by atoms with Crippen LogP contribution in [-0.2, 0) is 6.42 Å². The molecule has 0 aliphatic heterocycles. The standard InChI is InChI=1S/C16H21FN2O/c1-3-5-6-14-10-19-11-15(7-8-16(19)18-14)20-12-13(4-2)9-17/h7-11H,3-6,12H2,1-2H3/b13-9+. The van der Waals surface area contributed by atoms with Crippen LogP contribution in [0.15, 0.2) is 36.4 Å². The largest absolute Gasteiger partial charge is 0.488 e. The Bertz CT molecular complexity index is 589. The van der Waals surface area contributed by atoms with Crippen molar-refractivity contribution in [2.24, 2.45) is 0 Å². The lowest BCUT2D eigenvalue weighted by molar-refractivity contribution is 0.344. The fourth-order valence-electron chi connectivity index (χ4n) is 1.97. The summed E-state index contributed by atoms with van der Waals surface area (Å²) >= 11 is 0. The summed E-state index contributed by atoms with van der Waals surface area (Å²) < 4.78 is 20.0. The van der Waals surface area contributed by atoms with Crippen LogP contribution in [0.1, 0.15) is 38.8 Å². The molecule has 0 aliphatic carbocycles. The van der Waals surface area contributed by atoms with Crippen molar-refractivity contribution < 1.29 is 9.13 Å². The molecule has 0 atom stereocenters. The molecular weight excluding hydrogens is 255 g/mol. The second-order valence-corrected chi connectivity index (χ2v) is 4.88. The van der Waals surface area contributed by atoms with Crippen molar-refractivity contribution in [3.05, 3.63) is 42.1 Å². The van der Waals surface area contributed by atoms with E-state index >= 15 is 0 Å². The lowest BCUT2D eigenvalue weighted by Gasteiger charge is -2.07. The SMILES string of the molecule is CCCCc1cn2cc(OC/C(=C/F)CC)ccc2n1. The summed E-state index contributed by atoms with van der Waals surface area (Å²) in [4.78, 5) is 4.55. The number of rotatable bonds is 7. The number of ether oxygens (including phenoxy) is 1. The van der Waals surface area contributed by atoms with Crippen molar-refractivity contribution in [3.63, 3.8) is 0 Å². The van der Waals surface area contributed by atoms with Gasteiger partial charge in [0.1, 0.15) is 18.0 Å². The number of aryl methyl sites for hydroxylation is 1. The van der Waals surface area contributed by atoms with Gasteiger partial charge < -0.3 is 9.14 Å². The van der Waals surface area contributed by atoms with Crippen LogP contribution in [0, 0.1) is 0 Å². The number of fused-ring (bicyclic) bond motifs is 1. The summed E-state index contributed by atoms with van der Waals surface area (Å²) in [5.74, 6) is 0.727. The Labute approximate surface area is 119 Å². The molecule has 2 heterocycles. The maximum absolute atomic E-state index is 12.5. The topological polar surface area (TPSA) is 26.5 Å². The van der Waals surface area contributed by atoms with E-state index in [9.17, 15) is 4.39 Å². The van der Waals surface area contributed by atoms with E-state index in [4.69, 9.17) is 4.74 Å². The molecule has 4 heteroatoms. The number of halogens is 1. The van der Waals surface area contributed by atoms with E-state index < -0.39 is 0 Å². The quantitative estimate of drug-likeness (QED) is 0.753. The number of hydrogen-bond donors (Lipinski definition) is 0. The third-order valence-corrected chi connectivity index (χ3v) is 3.29. The predicted octanol–water partition coefficient (Wildman–Crippen LogP) is 4.32. The van der Waals surface area contributed by atoms with Gasteiger partial charge in [-0.05, 0) is 37.0 Å². The number of imidazole rings is 1. The lowest BCUT2D eigenvalue weighted by Crippen LogP contribution is -2.01. The van der Waals surface area contributed by atoms with Crippen molar-refractivity contribution >= 4 is 5.65 Å². The summed E-state index contributed by atoms with van der Waals surface area (Å²) in [5.41, 5.74) is 2.67. The molecule has 108 valence electrons. The van der Waals surface area contributed by atoms with Crippen LogP contribution >= 0.6 is 0 Å². The van der Waals surface area contributed by atoms with Gasteiger partial charge in [0.15, 0.2) is 0 Å². The van der Waals surface area contributed by atoms with Crippen LogP contribution < -0.4 is 4.74 Å². The van der Waals surface area contributed by atoms with Crippen molar-refractivity contribution in [2.45, 2.75) is 39.5 Å². The summed E-state index contributed by atoms with van der Waals surface area (Å²) in [5, 5.41) is 0. The van der Waals surface area contributed by atoms with Crippen LogP contribution in [0.5, 0.6) is 5.75 Å². The molecule has 0 spiro atoms. The van der Waals surface area contributed by atoms with Crippen LogP contribution in [0.4, 0.5) is 4.39 Å². The average Bonchev–Trinajstić information content (AvgIpc) is 2.88. The number of nitrogens with zero attached hydrogens (tertiary/aromatic N) is 2. The molecule has 0 aromatic carbocycles. The third-order valence-electron chi connectivity index (χ3n) is 3.29. The molecule has 0 saturated heterocycles. The Morgan fingerprint density at radius 3 is 2.90 bits per heavy atom. The first-order valence-corrected chi connectivity index (χ1v) is 7.15. The van der Waals surface area contributed by atoms with E-state index in [0.29, 0.717) is 18.3 Å². The second-order valence-electron chi connectivity index (χ2n) is 4.88.